The van der Waals surface area contributed by atoms with Crippen molar-refractivity contribution in [1.29, 1.82) is 0 Å². The number of para-hydroxylation sites is 1. The van der Waals surface area contributed by atoms with Crippen LogP contribution in [0.3, 0.4) is 0 Å². The molecule has 1 unspecified atom stereocenters. The van der Waals surface area contributed by atoms with Crippen LogP contribution < -0.4 is 10.1 Å². The number of likely N-dealkylation sites (N-methyl/N-ethyl adjacent to an activating group) is 1. The van der Waals surface area contributed by atoms with E-state index in [2.05, 4.69) is 55.5 Å². The van der Waals surface area contributed by atoms with Gasteiger partial charge in [0.15, 0.2) is 6.10 Å². The van der Waals surface area contributed by atoms with Crippen molar-refractivity contribution in [2.24, 2.45) is 0 Å². The number of nitrogens with one attached hydrogen (secondary N) is 1. The summed E-state index contributed by atoms with van der Waals surface area (Å²) in [7, 11) is 4.37. The fraction of sp³-hybridized carbons (Fsp3) is 0.480. The van der Waals surface area contributed by atoms with Crippen molar-refractivity contribution in [2.75, 3.05) is 14.1 Å². The summed E-state index contributed by atoms with van der Waals surface area (Å²) in [5, 5.41) is 3.21. The molecule has 1 saturated carbocycles. The third kappa shape index (κ3) is 5.39. The quantitative estimate of drug-likeness (QED) is 0.758. The maximum Gasteiger partial charge on any atom is 0.260 e. The monoisotopic (exact) mass is 394 g/mol. The van der Waals surface area contributed by atoms with E-state index in [9.17, 15) is 4.79 Å². The van der Waals surface area contributed by atoms with Gasteiger partial charge in [-0.1, -0.05) is 42.5 Å². The van der Waals surface area contributed by atoms with E-state index in [1.54, 1.807) is 0 Å². The first-order valence-corrected chi connectivity index (χ1v) is 10.6. The van der Waals surface area contributed by atoms with E-state index in [1.807, 2.05) is 37.3 Å². The summed E-state index contributed by atoms with van der Waals surface area (Å²) >= 11 is 0. The number of hydrogen-bond acceptors (Lipinski definition) is 3. The van der Waals surface area contributed by atoms with E-state index in [0.29, 0.717) is 0 Å². The normalized spacial score (nSPS) is 22.9. The van der Waals surface area contributed by atoms with Crippen LogP contribution in [0.4, 0.5) is 0 Å². The molecule has 1 aliphatic rings. The summed E-state index contributed by atoms with van der Waals surface area (Å²) in [5.41, 5.74) is 2.93. The lowest BCUT2D eigenvalue weighted by molar-refractivity contribution is -0.128. The van der Waals surface area contributed by atoms with Crippen molar-refractivity contribution in [3.8, 4) is 5.75 Å². The predicted octanol–water partition coefficient (Wildman–Crippen LogP) is 4.36. The van der Waals surface area contributed by atoms with Crippen LogP contribution in [-0.2, 0) is 11.2 Å². The minimum Gasteiger partial charge on any atom is -0.481 e. The highest BCUT2D eigenvalue weighted by Gasteiger charge is 2.38. The molecule has 4 nitrogen and oxygen atoms in total. The van der Waals surface area contributed by atoms with Gasteiger partial charge < -0.3 is 15.0 Å². The molecule has 0 bridgehead atoms. The standard InChI is InChI=1S/C25H34N2O2/c1-19-10-8-9-11-21(19)18-25(27(3)4)16-14-22(15-17-25)26-24(28)20(2)29-23-12-6-5-7-13-23/h5-13,20,22H,14-18H2,1-4H3,(H,26,28). The molecule has 0 aromatic heterocycles. The SMILES string of the molecule is Cc1ccccc1CC1(N(C)C)CCC(NC(=O)C(C)Oc2ccccc2)CC1. The number of benzene rings is 2. The second kappa shape index (κ2) is 9.45. The second-order valence-electron chi connectivity index (χ2n) is 8.58. The first-order chi connectivity index (χ1) is 13.9. The molecule has 0 radical (unpaired) electrons. The summed E-state index contributed by atoms with van der Waals surface area (Å²) in [5.74, 6) is 0.693. The van der Waals surface area contributed by atoms with Gasteiger partial charge in [-0.25, -0.2) is 0 Å². The van der Waals surface area contributed by atoms with Gasteiger partial charge in [0.25, 0.3) is 5.91 Å². The first kappa shape index (κ1) is 21.4. The molecule has 2 aromatic rings. The average molecular weight is 395 g/mol. The Morgan fingerprint density at radius 3 is 2.34 bits per heavy atom. The molecule has 1 fully saturated rings. The van der Waals surface area contributed by atoms with Crippen molar-refractivity contribution in [3.05, 3.63) is 65.7 Å². The van der Waals surface area contributed by atoms with Crippen molar-refractivity contribution in [1.82, 2.24) is 10.2 Å². The smallest absolute Gasteiger partial charge is 0.260 e. The molecular formula is C25H34N2O2. The van der Waals surface area contributed by atoms with Crippen LogP contribution in [-0.4, -0.2) is 42.6 Å². The number of rotatable bonds is 7. The lowest BCUT2D eigenvalue weighted by Gasteiger charge is -2.46. The van der Waals surface area contributed by atoms with Gasteiger partial charge in [-0.3, -0.25) is 4.79 Å². The van der Waals surface area contributed by atoms with Crippen LogP contribution >= 0.6 is 0 Å². The fourth-order valence-corrected chi connectivity index (χ4v) is 4.32. The van der Waals surface area contributed by atoms with Gasteiger partial charge in [0.05, 0.1) is 0 Å². The summed E-state index contributed by atoms with van der Waals surface area (Å²) in [6.07, 6.45) is 4.70. The van der Waals surface area contributed by atoms with Gasteiger partial charge in [-0.2, -0.15) is 0 Å². The summed E-state index contributed by atoms with van der Waals surface area (Å²) in [6.45, 7) is 4.01. The third-order valence-corrected chi connectivity index (χ3v) is 6.42. The Kier molecular flexibility index (Phi) is 6.96. The minimum atomic E-state index is -0.495. The molecule has 1 aliphatic carbocycles. The van der Waals surface area contributed by atoms with Gasteiger partial charge in [0, 0.05) is 11.6 Å². The molecule has 3 rings (SSSR count). The Hall–Kier alpha value is -2.33. The van der Waals surface area contributed by atoms with Crippen LogP contribution in [0.25, 0.3) is 0 Å². The Labute approximate surface area is 175 Å². The maximum atomic E-state index is 12.6. The molecule has 0 spiro atoms. The number of amides is 1. The average Bonchev–Trinajstić information content (AvgIpc) is 2.72. The molecule has 4 heteroatoms. The Bertz CT molecular complexity index is 795. The highest BCUT2D eigenvalue weighted by molar-refractivity contribution is 5.81. The van der Waals surface area contributed by atoms with E-state index < -0.39 is 6.10 Å². The van der Waals surface area contributed by atoms with Crippen LogP contribution in [0.2, 0.25) is 0 Å². The van der Waals surface area contributed by atoms with Crippen molar-refractivity contribution in [2.45, 2.75) is 63.6 Å². The van der Waals surface area contributed by atoms with Crippen LogP contribution in [0.5, 0.6) is 5.75 Å². The van der Waals surface area contributed by atoms with Crippen LogP contribution in [0, 0.1) is 6.92 Å². The lowest BCUT2D eigenvalue weighted by atomic mass is 9.74. The molecule has 2 aromatic carbocycles. The Morgan fingerprint density at radius 2 is 1.72 bits per heavy atom. The third-order valence-electron chi connectivity index (χ3n) is 6.42. The van der Waals surface area contributed by atoms with Gasteiger partial charge >= 0.3 is 0 Å². The summed E-state index contributed by atoms with van der Waals surface area (Å²) < 4.78 is 5.77. The highest BCUT2D eigenvalue weighted by Crippen LogP contribution is 2.36. The molecule has 29 heavy (non-hydrogen) atoms. The van der Waals surface area contributed by atoms with Gasteiger partial charge in [0.2, 0.25) is 0 Å². The predicted molar refractivity (Wildman–Crippen MR) is 118 cm³/mol. The number of nitrogens with zero attached hydrogens (tertiary/aromatic N) is 1. The van der Waals surface area contributed by atoms with Crippen LogP contribution in [0.15, 0.2) is 54.6 Å². The molecular weight excluding hydrogens is 360 g/mol. The minimum absolute atomic E-state index is 0.0323. The second-order valence-corrected chi connectivity index (χ2v) is 8.58. The zero-order chi connectivity index (χ0) is 20.9. The van der Waals surface area contributed by atoms with E-state index >= 15 is 0 Å². The Balaban J connectivity index is 1.56. The maximum absolute atomic E-state index is 12.6. The van der Waals surface area contributed by atoms with E-state index in [-0.39, 0.29) is 17.5 Å². The molecule has 0 heterocycles. The molecule has 156 valence electrons. The zero-order valence-electron chi connectivity index (χ0n) is 18.2. The van der Waals surface area contributed by atoms with Gasteiger partial charge in [0.1, 0.15) is 5.75 Å². The highest BCUT2D eigenvalue weighted by atomic mass is 16.5. The van der Waals surface area contributed by atoms with Gasteiger partial charge in [-0.05, 0) is 83.3 Å². The summed E-state index contributed by atoms with van der Waals surface area (Å²) in [6, 6.07) is 18.4. The molecule has 0 aliphatic heterocycles. The van der Waals surface area contributed by atoms with E-state index in [4.69, 9.17) is 4.74 Å². The number of hydrogen-bond donors (Lipinski definition) is 1. The van der Waals surface area contributed by atoms with E-state index in [0.717, 1.165) is 37.9 Å². The zero-order valence-corrected chi connectivity index (χ0v) is 18.2. The van der Waals surface area contributed by atoms with Gasteiger partial charge in [-0.15, -0.1) is 0 Å². The van der Waals surface area contributed by atoms with Crippen LogP contribution in [0.1, 0.15) is 43.7 Å². The fourth-order valence-electron chi connectivity index (χ4n) is 4.32. The molecule has 1 N–H and O–H groups in total. The van der Waals surface area contributed by atoms with Crippen molar-refractivity contribution < 1.29 is 9.53 Å². The topological polar surface area (TPSA) is 41.6 Å². The molecule has 1 atom stereocenters. The number of carbonyl (C=O) groups is 1. The van der Waals surface area contributed by atoms with Crippen molar-refractivity contribution in [3.63, 3.8) is 0 Å². The van der Waals surface area contributed by atoms with E-state index in [1.165, 1.54) is 11.1 Å². The number of ether oxygens (including phenoxy) is 1. The number of carbonyl (C=O) groups excluding carboxylic acids is 1. The largest absolute Gasteiger partial charge is 0.481 e. The first-order valence-electron chi connectivity index (χ1n) is 10.6. The molecule has 0 saturated heterocycles. The Morgan fingerprint density at radius 1 is 1.10 bits per heavy atom. The molecule has 1 amide bonds. The summed E-state index contributed by atoms with van der Waals surface area (Å²) in [4.78, 5) is 15.0. The van der Waals surface area contributed by atoms with Crippen molar-refractivity contribution >= 4 is 5.91 Å². The lowest BCUT2D eigenvalue weighted by Crippen LogP contribution is -2.53. The number of aryl methyl sites for hydroxylation is 1.